The third kappa shape index (κ3) is 5.57. The second-order valence-corrected chi connectivity index (χ2v) is 6.09. The average Bonchev–Trinajstić information content (AvgIpc) is 2.56. The van der Waals surface area contributed by atoms with Crippen LogP contribution in [0.1, 0.15) is 16.1 Å². The lowest BCUT2D eigenvalue weighted by molar-refractivity contribution is -0.137. The van der Waals surface area contributed by atoms with Gasteiger partial charge in [0.15, 0.2) is 11.5 Å². The van der Waals surface area contributed by atoms with Gasteiger partial charge in [0.25, 0.3) is 5.91 Å². The van der Waals surface area contributed by atoms with Crippen molar-refractivity contribution in [1.82, 2.24) is 20.4 Å². The molecule has 2 rings (SSSR count). The van der Waals surface area contributed by atoms with Crippen molar-refractivity contribution in [3.8, 4) is 0 Å². The van der Waals surface area contributed by atoms with Crippen molar-refractivity contribution in [3.05, 3.63) is 46.6 Å². The first-order chi connectivity index (χ1) is 12.2. The molecule has 0 spiro atoms. The number of anilines is 2. The van der Waals surface area contributed by atoms with Crippen molar-refractivity contribution < 1.29 is 18.0 Å². The molecule has 10 heteroatoms. The normalized spacial score (nSPS) is 11.5. The number of nitrogens with zero attached hydrogens (tertiary/aromatic N) is 3. The molecule has 1 amide bonds. The summed E-state index contributed by atoms with van der Waals surface area (Å²) in [6.45, 7) is 1.13. The molecule has 26 heavy (non-hydrogen) atoms. The van der Waals surface area contributed by atoms with E-state index in [2.05, 4.69) is 20.8 Å². The van der Waals surface area contributed by atoms with Crippen LogP contribution in [-0.4, -0.2) is 48.2 Å². The molecular formula is C16H17ClF3N5O. The van der Waals surface area contributed by atoms with E-state index in [0.29, 0.717) is 13.1 Å². The summed E-state index contributed by atoms with van der Waals surface area (Å²) in [6.07, 6.45) is -4.48. The van der Waals surface area contributed by atoms with E-state index in [1.807, 2.05) is 19.0 Å². The Hall–Kier alpha value is -2.39. The van der Waals surface area contributed by atoms with Crippen molar-refractivity contribution in [2.45, 2.75) is 6.18 Å². The Morgan fingerprint density at radius 3 is 2.50 bits per heavy atom. The third-order valence-corrected chi connectivity index (χ3v) is 3.63. The summed E-state index contributed by atoms with van der Waals surface area (Å²) in [4.78, 5) is 13.8. The smallest absolute Gasteiger partial charge is 0.349 e. The van der Waals surface area contributed by atoms with Gasteiger partial charge in [0.05, 0.1) is 16.3 Å². The molecule has 2 aromatic rings. The highest BCUT2D eigenvalue weighted by Gasteiger charge is 2.31. The number of halogens is 4. The van der Waals surface area contributed by atoms with Gasteiger partial charge in [-0.05, 0) is 44.4 Å². The number of carbonyl (C=O) groups is 1. The van der Waals surface area contributed by atoms with Gasteiger partial charge in [0.1, 0.15) is 0 Å². The van der Waals surface area contributed by atoms with E-state index in [9.17, 15) is 18.0 Å². The molecule has 0 aliphatic carbocycles. The Balaban J connectivity index is 2.06. The predicted octanol–water partition coefficient (Wildman–Crippen LogP) is 3.18. The number of amides is 1. The van der Waals surface area contributed by atoms with E-state index in [0.717, 1.165) is 18.2 Å². The summed E-state index contributed by atoms with van der Waals surface area (Å²) in [5.74, 6) is -0.223. The zero-order valence-electron chi connectivity index (χ0n) is 14.1. The minimum absolute atomic E-state index is 0.0407. The summed E-state index contributed by atoms with van der Waals surface area (Å²) >= 11 is 5.91. The van der Waals surface area contributed by atoms with Crippen molar-refractivity contribution in [1.29, 1.82) is 0 Å². The van der Waals surface area contributed by atoms with Crippen molar-refractivity contribution in [2.75, 3.05) is 32.5 Å². The van der Waals surface area contributed by atoms with Gasteiger partial charge in [-0.3, -0.25) is 4.79 Å². The fourth-order valence-electron chi connectivity index (χ4n) is 1.94. The number of nitrogens with one attached hydrogen (secondary N) is 2. The Bertz CT molecular complexity index is 765. The molecule has 1 aromatic carbocycles. The second-order valence-electron chi connectivity index (χ2n) is 5.68. The van der Waals surface area contributed by atoms with Crippen LogP contribution in [0.15, 0.2) is 30.3 Å². The minimum Gasteiger partial charge on any atom is -0.349 e. The number of alkyl halides is 3. The number of hydrogen-bond donors (Lipinski definition) is 2. The topological polar surface area (TPSA) is 70.2 Å². The number of likely N-dealkylation sites (N-methyl/N-ethyl adjacent to an activating group) is 1. The molecule has 0 aliphatic heterocycles. The lowest BCUT2D eigenvalue weighted by Crippen LogP contribution is -2.31. The molecule has 6 nitrogen and oxygen atoms in total. The van der Waals surface area contributed by atoms with Crippen LogP contribution in [0, 0.1) is 0 Å². The Kier molecular flexibility index (Phi) is 6.38. The van der Waals surface area contributed by atoms with Crippen LogP contribution in [0.4, 0.5) is 24.7 Å². The summed E-state index contributed by atoms with van der Waals surface area (Å²) in [5.41, 5.74) is -0.697. The van der Waals surface area contributed by atoms with Crippen LogP contribution >= 0.6 is 11.6 Å². The van der Waals surface area contributed by atoms with Crippen molar-refractivity contribution >= 4 is 29.0 Å². The Morgan fingerprint density at radius 1 is 1.19 bits per heavy atom. The maximum Gasteiger partial charge on any atom is 0.416 e. The summed E-state index contributed by atoms with van der Waals surface area (Å²) < 4.78 is 38.4. The number of aromatic nitrogens is 2. The van der Waals surface area contributed by atoms with Crippen LogP contribution in [0.2, 0.25) is 5.02 Å². The summed E-state index contributed by atoms with van der Waals surface area (Å²) in [7, 11) is 3.76. The summed E-state index contributed by atoms with van der Waals surface area (Å²) in [6, 6.07) is 5.77. The molecule has 0 aliphatic rings. The first-order valence-corrected chi connectivity index (χ1v) is 7.95. The van der Waals surface area contributed by atoms with Gasteiger partial charge >= 0.3 is 6.18 Å². The van der Waals surface area contributed by atoms with Crippen LogP contribution in [0.5, 0.6) is 0 Å². The standard InChI is InChI=1S/C16H17ClF3N5O/c1-25(2)8-7-21-15(26)12-5-6-14(24-23-12)22-13-9-10(16(18,19)20)3-4-11(13)17/h3-6,9H,7-8H2,1-2H3,(H,21,26)(H,22,24). The largest absolute Gasteiger partial charge is 0.416 e. The molecule has 0 radical (unpaired) electrons. The zero-order chi connectivity index (χ0) is 19.3. The van der Waals surface area contributed by atoms with E-state index < -0.39 is 11.7 Å². The molecule has 1 heterocycles. The molecule has 1 aromatic heterocycles. The highest BCUT2D eigenvalue weighted by Crippen LogP contribution is 2.34. The van der Waals surface area contributed by atoms with Gasteiger partial charge in [-0.25, -0.2) is 0 Å². The lowest BCUT2D eigenvalue weighted by atomic mass is 10.2. The highest BCUT2D eigenvalue weighted by molar-refractivity contribution is 6.33. The van der Waals surface area contributed by atoms with Crippen LogP contribution in [-0.2, 0) is 6.18 Å². The molecule has 140 valence electrons. The first-order valence-electron chi connectivity index (χ1n) is 7.57. The fourth-order valence-corrected chi connectivity index (χ4v) is 2.10. The zero-order valence-corrected chi connectivity index (χ0v) is 14.8. The highest BCUT2D eigenvalue weighted by atomic mass is 35.5. The van der Waals surface area contributed by atoms with E-state index in [1.165, 1.54) is 12.1 Å². The molecule has 0 atom stereocenters. The van der Waals surface area contributed by atoms with Crippen LogP contribution in [0.3, 0.4) is 0 Å². The SMILES string of the molecule is CN(C)CCNC(=O)c1ccc(Nc2cc(C(F)(F)F)ccc2Cl)nn1. The number of hydrogen-bond acceptors (Lipinski definition) is 5. The number of carbonyl (C=O) groups excluding carboxylic acids is 1. The quantitative estimate of drug-likeness (QED) is 0.796. The third-order valence-electron chi connectivity index (χ3n) is 3.30. The maximum absolute atomic E-state index is 12.8. The molecule has 0 fully saturated rings. The minimum atomic E-state index is -4.48. The lowest BCUT2D eigenvalue weighted by Gasteiger charge is -2.12. The van der Waals surface area contributed by atoms with Gasteiger partial charge in [-0.15, -0.1) is 10.2 Å². The predicted molar refractivity (Wildman–Crippen MR) is 92.7 cm³/mol. The van der Waals surface area contributed by atoms with E-state index in [-0.39, 0.29) is 28.1 Å². The first kappa shape index (κ1) is 19.9. The molecular weight excluding hydrogens is 371 g/mol. The number of benzene rings is 1. The van der Waals surface area contributed by atoms with Gasteiger partial charge < -0.3 is 15.5 Å². The number of rotatable bonds is 6. The van der Waals surface area contributed by atoms with Gasteiger partial charge in [0, 0.05) is 13.1 Å². The van der Waals surface area contributed by atoms with Crippen LogP contribution in [0.25, 0.3) is 0 Å². The van der Waals surface area contributed by atoms with Crippen molar-refractivity contribution in [3.63, 3.8) is 0 Å². The van der Waals surface area contributed by atoms with Crippen molar-refractivity contribution in [2.24, 2.45) is 0 Å². The van der Waals surface area contributed by atoms with E-state index in [1.54, 1.807) is 0 Å². The summed E-state index contributed by atoms with van der Waals surface area (Å²) in [5, 5.41) is 13.0. The maximum atomic E-state index is 12.8. The van der Waals surface area contributed by atoms with Gasteiger partial charge in [-0.2, -0.15) is 13.2 Å². The fraction of sp³-hybridized carbons (Fsp3) is 0.312. The second kappa shape index (κ2) is 8.33. The molecule has 2 N–H and O–H groups in total. The van der Waals surface area contributed by atoms with E-state index >= 15 is 0 Å². The van der Waals surface area contributed by atoms with E-state index in [4.69, 9.17) is 11.6 Å². The Labute approximate surface area is 153 Å². The molecule has 0 saturated heterocycles. The molecule has 0 bridgehead atoms. The van der Waals surface area contributed by atoms with Gasteiger partial charge in [0.2, 0.25) is 0 Å². The van der Waals surface area contributed by atoms with Gasteiger partial charge in [-0.1, -0.05) is 11.6 Å². The average molecular weight is 388 g/mol. The molecule has 0 saturated carbocycles. The Morgan fingerprint density at radius 2 is 1.92 bits per heavy atom. The monoisotopic (exact) mass is 387 g/mol. The van der Waals surface area contributed by atoms with Crippen LogP contribution < -0.4 is 10.6 Å². The molecule has 0 unspecified atom stereocenters.